The molecular formula is C17H34. The molecule has 3 unspecified atom stereocenters. The van der Waals surface area contributed by atoms with Gasteiger partial charge in [0.2, 0.25) is 0 Å². The maximum absolute atomic E-state index is 2.50. The van der Waals surface area contributed by atoms with E-state index in [1.807, 2.05) is 0 Å². The number of rotatable bonds is 2. The molecule has 0 aromatic rings. The molecule has 0 aliphatic heterocycles. The Morgan fingerprint density at radius 1 is 0.824 bits per heavy atom. The van der Waals surface area contributed by atoms with E-state index in [-0.39, 0.29) is 0 Å². The van der Waals surface area contributed by atoms with Crippen molar-refractivity contribution in [2.75, 3.05) is 0 Å². The van der Waals surface area contributed by atoms with E-state index in [1.165, 1.54) is 44.9 Å². The van der Waals surface area contributed by atoms with Crippen molar-refractivity contribution < 1.29 is 0 Å². The molecule has 0 nitrogen and oxygen atoms in total. The van der Waals surface area contributed by atoms with Gasteiger partial charge in [0.05, 0.1) is 0 Å². The molecule has 0 radical (unpaired) electrons. The van der Waals surface area contributed by atoms with Crippen molar-refractivity contribution in [3.8, 4) is 0 Å². The van der Waals surface area contributed by atoms with Crippen LogP contribution in [0, 0.1) is 23.7 Å². The highest BCUT2D eigenvalue weighted by Gasteiger charge is 2.32. The minimum atomic E-state index is 1.01. The second-order valence-corrected chi connectivity index (χ2v) is 6.60. The van der Waals surface area contributed by atoms with Gasteiger partial charge < -0.3 is 0 Å². The van der Waals surface area contributed by atoms with Gasteiger partial charge in [-0.25, -0.2) is 0 Å². The molecular weight excluding hydrogens is 204 g/mol. The lowest BCUT2D eigenvalue weighted by atomic mass is 9.69. The van der Waals surface area contributed by atoms with Gasteiger partial charge in [0, 0.05) is 0 Å². The Kier molecular flexibility index (Phi) is 7.23. The van der Waals surface area contributed by atoms with Gasteiger partial charge in [-0.05, 0) is 36.5 Å². The highest BCUT2D eigenvalue weighted by atomic mass is 14.4. The lowest BCUT2D eigenvalue weighted by Crippen LogP contribution is -2.26. The first-order valence-electron chi connectivity index (χ1n) is 8.19. The summed E-state index contributed by atoms with van der Waals surface area (Å²) in [5.41, 5.74) is 0. The molecule has 0 aromatic heterocycles. The lowest BCUT2D eigenvalue weighted by molar-refractivity contribution is 0.143. The van der Waals surface area contributed by atoms with Crippen molar-refractivity contribution in [1.29, 1.82) is 0 Å². The second-order valence-electron chi connectivity index (χ2n) is 6.60. The van der Waals surface area contributed by atoms with Gasteiger partial charge in [0.25, 0.3) is 0 Å². The summed E-state index contributed by atoms with van der Waals surface area (Å²) in [7, 11) is 0. The highest BCUT2D eigenvalue weighted by molar-refractivity contribution is 4.83. The van der Waals surface area contributed by atoms with Crippen LogP contribution in [-0.4, -0.2) is 0 Å². The predicted octanol–water partition coefficient (Wildman–Crippen LogP) is 6.06. The van der Waals surface area contributed by atoms with E-state index in [2.05, 4.69) is 27.7 Å². The summed E-state index contributed by atoms with van der Waals surface area (Å²) in [4.78, 5) is 0. The fourth-order valence-corrected chi connectivity index (χ4v) is 3.77. The Labute approximate surface area is 110 Å². The molecule has 0 heterocycles. The van der Waals surface area contributed by atoms with Crippen LogP contribution in [0.2, 0.25) is 0 Å². The average molecular weight is 238 g/mol. The Hall–Kier alpha value is 0. The van der Waals surface area contributed by atoms with Crippen molar-refractivity contribution in [1.82, 2.24) is 0 Å². The summed E-state index contributed by atoms with van der Waals surface area (Å²) in [6.07, 6.45) is 13.3. The third kappa shape index (κ3) is 5.02. The van der Waals surface area contributed by atoms with E-state index in [0.717, 1.165) is 23.7 Å². The van der Waals surface area contributed by atoms with Gasteiger partial charge in [0.1, 0.15) is 0 Å². The van der Waals surface area contributed by atoms with E-state index in [4.69, 9.17) is 0 Å². The third-order valence-electron chi connectivity index (χ3n) is 5.00. The van der Waals surface area contributed by atoms with Gasteiger partial charge in [-0.2, -0.15) is 0 Å². The Balaban J connectivity index is 0.000000317. The van der Waals surface area contributed by atoms with E-state index in [0.29, 0.717) is 0 Å². The van der Waals surface area contributed by atoms with Crippen LogP contribution in [0.3, 0.4) is 0 Å². The largest absolute Gasteiger partial charge is 0.0654 e. The van der Waals surface area contributed by atoms with Crippen LogP contribution in [-0.2, 0) is 0 Å². The van der Waals surface area contributed by atoms with E-state index in [9.17, 15) is 0 Å². The SMILES string of the molecule is CC1CCC(C2CCCC2)C(C)C1.CCCC. The maximum atomic E-state index is 2.50. The molecule has 0 heteroatoms. The van der Waals surface area contributed by atoms with Crippen molar-refractivity contribution in [3.05, 3.63) is 0 Å². The number of hydrogen-bond acceptors (Lipinski definition) is 0. The average Bonchev–Trinajstić information content (AvgIpc) is 2.83. The smallest absolute Gasteiger partial charge is 0.0360 e. The van der Waals surface area contributed by atoms with Crippen LogP contribution in [0.15, 0.2) is 0 Å². The maximum Gasteiger partial charge on any atom is -0.0360 e. The van der Waals surface area contributed by atoms with E-state index in [1.54, 1.807) is 12.8 Å². The molecule has 0 N–H and O–H groups in total. The molecule has 0 spiro atoms. The van der Waals surface area contributed by atoms with Crippen LogP contribution < -0.4 is 0 Å². The molecule has 2 fully saturated rings. The molecule has 2 saturated carbocycles. The second kappa shape index (κ2) is 8.16. The van der Waals surface area contributed by atoms with Crippen LogP contribution in [0.1, 0.15) is 85.5 Å². The molecule has 2 rings (SSSR count). The highest BCUT2D eigenvalue weighted by Crippen LogP contribution is 2.43. The van der Waals surface area contributed by atoms with Crippen molar-refractivity contribution in [3.63, 3.8) is 0 Å². The summed E-state index contributed by atoms with van der Waals surface area (Å²) < 4.78 is 0. The summed E-state index contributed by atoms with van der Waals surface area (Å²) >= 11 is 0. The zero-order valence-electron chi connectivity index (χ0n) is 12.7. The predicted molar refractivity (Wildman–Crippen MR) is 78.2 cm³/mol. The van der Waals surface area contributed by atoms with Gasteiger partial charge in [-0.1, -0.05) is 72.6 Å². The molecule has 3 atom stereocenters. The molecule has 0 bridgehead atoms. The monoisotopic (exact) mass is 238 g/mol. The summed E-state index contributed by atoms with van der Waals surface area (Å²) in [5.74, 6) is 4.24. The molecule has 102 valence electrons. The van der Waals surface area contributed by atoms with Gasteiger partial charge >= 0.3 is 0 Å². The minimum absolute atomic E-state index is 1.01. The molecule has 17 heavy (non-hydrogen) atoms. The van der Waals surface area contributed by atoms with Gasteiger partial charge in [-0.3, -0.25) is 0 Å². The first kappa shape index (κ1) is 15.1. The standard InChI is InChI=1S/C13H24.C4H10/c1-10-7-8-13(11(2)9-10)12-5-3-4-6-12;1-3-4-2/h10-13H,3-9H2,1-2H3;3-4H2,1-2H3. The summed E-state index contributed by atoms with van der Waals surface area (Å²) in [6.45, 7) is 9.29. The Morgan fingerprint density at radius 3 is 1.88 bits per heavy atom. The molecule has 0 saturated heterocycles. The van der Waals surface area contributed by atoms with Gasteiger partial charge in [-0.15, -0.1) is 0 Å². The van der Waals surface area contributed by atoms with E-state index < -0.39 is 0 Å². The zero-order chi connectivity index (χ0) is 12.7. The minimum Gasteiger partial charge on any atom is -0.0654 e. The van der Waals surface area contributed by atoms with Crippen LogP contribution in [0.5, 0.6) is 0 Å². The first-order chi connectivity index (χ1) is 8.19. The zero-order valence-corrected chi connectivity index (χ0v) is 12.7. The molecule has 2 aliphatic carbocycles. The molecule has 2 aliphatic rings. The number of hydrogen-bond donors (Lipinski definition) is 0. The first-order valence-corrected chi connectivity index (χ1v) is 8.19. The van der Waals surface area contributed by atoms with Crippen molar-refractivity contribution in [2.24, 2.45) is 23.7 Å². The van der Waals surface area contributed by atoms with Crippen LogP contribution in [0.25, 0.3) is 0 Å². The quantitative estimate of drug-likeness (QED) is 0.549. The Bertz CT molecular complexity index is 176. The third-order valence-corrected chi connectivity index (χ3v) is 5.00. The normalized spacial score (nSPS) is 34.2. The molecule has 0 aromatic carbocycles. The van der Waals surface area contributed by atoms with Crippen molar-refractivity contribution in [2.45, 2.75) is 85.5 Å². The summed E-state index contributed by atoms with van der Waals surface area (Å²) in [6, 6.07) is 0. The van der Waals surface area contributed by atoms with Crippen LogP contribution in [0.4, 0.5) is 0 Å². The fourth-order valence-electron chi connectivity index (χ4n) is 3.77. The van der Waals surface area contributed by atoms with E-state index >= 15 is 0 Å². The topological polar surface area (TPSA) is 0 Å². The Morgan fingerprint density at radius 2 is 1.41 bits per heavy atom. The fraction of sp³-hybridized carbons (Fsp3) is 1.00. The van der Waals surface area contributed by atoms with Crippen LogP contribution >= 0.6 is 0 Å². The molecule has 0 amide bonds. The van der Waals surface area contributed by atoms with Crippen molar-refractivity contribution >= 4 is 0 Å². The summed E-state index contributed by atoms with van der Waals surface area (Å²) in [5, 5.41) is 0. The number of unbranched alkanes of at least 4 members (excludes halogenated alkanes) is 1. The lowest BCUT2D eigenvalue weighted by Gasteiger charge is -2.36. The van der Waals surface area contributed by atoms with Gasteiger partial charge in [0.15, 0.2) is 0 Å².